The van der Waals surface area contributed by atoms with Crippen molar-refractivity contribution in [3.63, 3.8) is 0 Å². The number of hydrogen-bond acceptors (Lipinski definition) is 4. The van der Waals surface area contributed by atoms with Gasteiger partial charge in [-0.15, -0.1) is 0 Å². The lowest BCUT2D eigenvalue weighted by Gasteiger charge is -2.34. The van der Waals surface area contributed by atoms with Gasteiger partial charge in [0.15, 0.2) is 0 Å². The molecule has 5 heteroatoms. The second kappa shape index (κ2) is 6.26. The van der Waals surface area contributed by atoms with Crippen LogP contribution in [0.2, 0.25) is 0 Å². The number of amides is 1. The molecule has 0 radical (unpaired) electrons. The third kappa shape index (κ3) is 5.94. The van der Waals surface area contributed by atoms with Gasteiger partial charge < -0.3 is 14.8 Å². The van der Waals surface area contributed by atoms with Crippen molar-refractivity contribution in [1.82, 2.24) is 5.32 Å². The summed E-state index contributed by atoms with van der Waals surface area (Å²) >= 11 is 0. The molecule has 0 aromatic carbocycles. The summed E-state index contributed by atoms with van der Waals surface area (Å²) in [6.07, 6.45) is 1.96. The monoisotopic (exact) mass is 271 g/mol. The van der Waals surface area contributed by atoms with Crippen LogP contribution in [0.3, 0.4) is 0 Å². The number of carbonyl (C=O) groups excluding carboxylic acids is 2. The van der Waals surface area contributed by atoms with Gasteiger partial charge in [-0.3, -0.25) is 4.79 Å². The van der Waals surface area contributed by atoms with Gasteiger partial charge in [0.05, 0.1) is 0 Å². The number of carbonyl (C=O) groups is 2. The Kier molecular flexibility index (Phi) is 5.20. The van der Waals surface area contributed by atoms with Crippen molar-refractivity contribution in [3.05, 3.63) is 0 Å². The number of alkyl carbamates (subject to hydrolysis) is 1. The van der Waals surface area contributed by atoms with Crippen LogP contribution in [0.25, 0.3) is 0 Å². The van der Waals surface area contributed by atoms with Crippen LogP contribution in [0.15, 0.2) is 0 Å². The molecular formula is C14H25NO4. The molecule has 19 heavy (non-hydrogen) atoms. The Bertz CT molecular complexity index is 335. The number of hydrogen-bond donors (Lipinski definition) is 1. The third-order valence-electron chi connectivity index (χ3n) is 3.16. The summed E-state index contributed by atoms with van der Waals surface area (Å²) in [4.78, 5) is 22.6. The van der Waals surface area contributed by atoms with Gasteiger partial charge in [-0.2, -0.15) is 0 Å². The van der Waals surface area contributed by atoms with Crippen molar-refractivity contribution in [2.75, 3.05) is 0 Å². The second-order valence-electron chi connectivity index (χ2n) is 6.27. The van der Waals surface area contributed by atoms with E-state index in [9.17, 15) is 9.59 Å². The van der Waals surface area contributed by atoms with E-state index < -0.39 is 5.60 Å². The fourth-order valence-electron chi connectivity index (χ4n) is 2.36. The average molecular weight is 271 g/mol. The van der Waals surface area contributed by atoms with Gasteiger partial charge in [0, 0.05) is 13.0 Å². The predicted molar refractivity (Wildman–Crippen MR) is 71.7 cm³/mol. The highest BCUT2D eigenvalue weighted by Crippen LogP contribution is 2.27. The van der Waals surface area contributed by atoms with Crippen molar-refractivity contribution in [2.24, 2.45) is 5.92 Å². The van der Waals surface area contributed by atoms with Gasteiger partial charge in [0.25, 0.3) is 0 Å². The van der Waals surface area contributed by atoms with Crippen LogP contribution in [-0.2, 0) is 14.3 Å². The second-order valence-corrected chi connectivity index (χ2v) is 6.27. The molecule has 1 aliphatic rings. The van der Waals surface area contributed by atoms with E-state index in [1.54, 1.807) is 0 Å². The largest absolute Gasteiger partial charge is 0.463 e. The predicted octanol–water partition coefficient (Wildman–Crippen LogP) is 2.63. The van der Waals surface area contributed by atoms with Gasteiger partial charge in [-0.05, 0) is 46.0 Å². The average Bonchev–Trinajstić information content (AvgIpc) is 2.18. The Morgan fingerprint density at radius 3 is 2.32 bits per heavy atom. The van der Waals surface area contributed by atoms with Gasteiger partial charge in [-0.1, -0.05) is 6.92 Å². The first-order valence-corrected chi connectivity index (χ1v) is 6.84. The maximum atomic E-state index is 11.7. The van der Waals surface area contributed by atoms with Crippen LogP contribution < -0.4 is 5.32 Å². The quantitative estimate of drug-likeness (QED) is 0.784. The summed E-state index contributed by atoms with van der Waals surface area (Å²) in [6.45, 7) is 9.00. The molecule has 1 rings (SSSR count). The molecule has 0 saturated heterocycles. The Morgan fingerprint density at radius 2 is 1.84 bits per heavy atom. The Labute approximate surface area is 115 Å². The lowest BCUT2D eigenvalue weighted by atomic mass is 9.84. The Hall–Kier alpha value is -1.26. The molecule has 0 aromatic rings. The SMILES string of the molecule is CC(=O)OC1CC[C@H](NC(=O)OC(C)(C)C)[C@H](C)C1. The Morgan fingerprint density at radius 1 is 1.21 bits per heavy atom. The van der Waals surface area contributed by atoms with E-state index in [-0.39, 0.29) is 30.1 Å². The van der Waals surface area contributed by atoms with E-state index >= 15 is 0 Å². The smallest absolute Gasteiger partial charge is 0.407 e. The molecule has 1 unspecified atom stereocenters. The first-order valence-electron chi connectivity index (χ1n) is 6.84. The number of rotatable bonds is 2. The van der Waals surface area contributed by atoms with Gasteiger partial charge in [0.2, 0.25) is 0 Å². The summed E-state index contributed by atoms with van der Waals surface area (Å²) in [7, 11) is 0. The summed E-state index contributed by atoms with van der Waals surface area (Å²) in [5.41, 5.74) is -0.484. The molecular weight excluding hydrogens is 246 g/mol. The molecule has 0 aromatic heterocycles. The standard InChI is InChI=1S/C14H25NO4/c1-9-8-11(18-10(2)16)6-7-12(9)15-13(17)19-14(3,4)5/h9,11-12H,6-8H2,1-5H3,(H,15,17)/t9-,11?,12+/m1/s1. The lowest BCUT2D eigenvalue weighted by molar-refractivity contribution is -0.148. The molecule has 5 nitrogen and oxygen atoms in total. The molecule has 0 aliphatic heterocycles. The van der Waals surface area contributed by atoms with Gasteiger partial charge >= 0.3 is 12.1 Å². The number of esters is 1. The molecule has 1 fully saturated rings. The maximum Gasteiger partial charge on any atom is 0.407 e. The molecule has 1 aliphatic carbocycles. The van der Waals surface area contributed by atoms with Gasteiger partial charge in [-0.25, -0.2) is 4.79 Å². The zero-order valence-corrected chi connectivity index (χ0v) is 12.5. The van der Waals surface area contributed by atoms with Crippen LogP contribution >= 0.6 is 0 Å². The molecule has 0 bridgehead atoms. The van der Waals surface area contributed by atoms with Crippen LogP contribution in [0.5, 0.6) is 0 Å². The summed E-state index contributed by atoms with van der Waals surface area (Å²) < 4.78 is 10.5. The van der Waals surface area contributed by atoms with Crippen molar-refractivity contribution >= 4 is 12.1 Å². The van der Waals surface area contributed by atoms with Crippen molar-refractivity contribution in [2.45, 2.75) is 71.6 Å². The van der Waals surface area contributed by atoms with Crippen LogP contribution in [0, 0.1) is 5.92 Å². The number of nitrogens with one attached hydrogen (secondary N) is 1. The zero-order chi connectivity index (χ0) is 14.6. The van der Waals surface area contributed by atoms with E-state index in [0.29, 0.717) is 0 Å². The van der Waals surface area contributed by atoms with E-state index in [1.165, 1.54) is 6.92 Å². The summed E-state index contributed by atoms with van der Waals surface area (Å²) in [6, 6.07) is 0.0849. The number of ether oxygens (including phenoxy) is 2. The molecule has 1 N–H and O–H groups in total. The van der Waals surface area contributed by atoms with Crippen LogP contribution in [-0.4, -0.2) is 29.8 Å². The highest BCUT2D eigenvalue weighted by atomic mass is 16.6. The zero-order valence-electron chi connectivity index (χ0n) is 12.5. The summed E-state index contributed by atoms with van der Waals surface area (Å²) in [5, 5.41) is 2.90. The fourth-order valence-corrected chi connectivity index (χ4v) is 2.36. The topological polar surface area (TPSA) is 64.6 Å². The molecule has 0 heterocycles. The molecule has 3 atom stereocenters. The van der Waals surface area contributed by atoms with Crippen LogP contribution in [0.1, 0.15) is 53.9 Å². The third-order valence-corrected chi connectivity index (χ3v) is 3.16. The van der Waals surface area contributed by atoms with E-state index in [0.717, 1.165) is 19.3 Å². The molecule has 1 saturated carbocycles. The first-order chi connectivity index (χ1) is 8.67. The van der Waals surface area contributed by atoms with Gasteiger partial charge in [0.1, 0.15) is 11.7 Å². The molecule has 110 valence electrons. The van der Waals surface area contributed by atoms with E-state index in [1.807, 2.05) is 20.8 Å². The highest BCUT2D eigenvalue weighted by Gasteiger charge is 2.31. The highest BCUT2D eigenvalue weighted by molar-refractivity contribution is 5.68. The van der Waals surface area contributed by atoms with Crippen molar-refractivity contribution in [1.29, 1.82) is 0 Å². The maximum absolute atomic E-state index is 11.7. The van der Waals surface area contributed by atoms with Crippen LogP contribution in [0.4, 0.5) is 4.79 Å². The van der Waals surface area contributed by atoms with Crippen molar-refractivity contribution < 1.29 is 19.1 Å². The minimum atomic E-state index is -0.484. The normalized spacial score (nSPS) is 27.5. The van der Waals surface area contributed by atoms with Crippen molar-refractivity contribution in [3.8, 4) is 0 Å². The van der Waals surface area contributed by atoms with E-state index in [4.69, 9.17) is 9.47 Å². The lowest BCUT2D eigenvalue weighted by Crippen LogP contribution is -2.46. The fraction of sp³-hybridized carbons (Fsp3) is 0.857. The van der Waals surface area contributed by atoms with E-state index in [2.05, 4.69) is 12.2 Å². The Balaban J connectivity index is 2.41. The summed E-state index contributed by atoms with van der Waals surface area (Å²) in [5.74, 6) is 0.0290. The first kappa shape index (κ1) is 15.8. The molecule has 0 spiro atoms. The minimum absolute atomic E-state index is 0.0239. The molecule has 1 amide bonds. The minimum Gasteiger partial charge on any atom is -0.463 e.